The molecule has 1 aromatic heterocycles. The molecule has 2 aromatic rings. The van der Waals surface area contributed by atoms with Gasteiger partial charge in [0.25, 0.3) is 5.91 Å². The Morgan fingerprint density at radius 1 is 1.28 bits per heavy atom. The minimum atomic E-state index is -3.14. The SMILES string of the molecule is CCOc1cccc2c1OCC(C(=O)N(Cc1ccco1)[C@@H]1CCS(=O)(=O)C1)=C2. The molecule has 0 aliphatic carbocycles. The van der Waals surface area contributed by atoms with E-state index < -0.39 is 9.84 Å². The van der Waals surface area contributed by atoms with Crippen LogP contribution in [0, 0.1) is 0 Å². The normalized spacial score (nSPS) is 19.8. The van der Waals surface area contributed by atoms with Gasteiger partial charge in [0.2, 0.25) is 0 Å². The first kappa shape index (κ1) is 19.6. The van der Waals surface area contributed by atoms with Crippen LogP contribution in [0.25, 0.3) is 6.08 Å². The van der Waals surface area contributed by atoms with Crippen LogP contribution >= 0.6 is 0 Å². The number of carbonyl (C=O) groups excluding carboxylic acids is 1. The molecule has 8 heteroatoms. The number of benzene rings is 1. The van der Waals surface area contributed by atoms with Crippen molar-refractivity contribution < 1.29 is 27.1 Å². The van der Waals surface area contributed by atoms with Crippen LogP contribution in [0.4, 0.5) is 0 Å². The first-order valence-electron chi connectivity index (χ1n) is 9.60. The average Bonchev–Trinajstić information content (AvgIpc) is 3.34. The third-order valence-electron chi connectivity index (χ3n) is 5.10. The molecule has 29 heavy (non-hydrogen) atoms. The lowest BCUT2D eigenvalue weighted by atomic mass is 10.0. The third kappa shape index (κ3) is 4.17. The van der Waals surface area contributed by atoms with E-state index in [1.54, 1.807) is 23.1 Å². The molecule has 0 saturated carbocycles. The molecular weight excluding hydrogens is 394 g/mol. The van der Waals surface area contributed by atoms with E-state index in [0.717, 1.165) is 5.56 Å². The fourth-order valence-corrected chi connectivity index (χ4v) is 5.45. The van der Waals surface area contributed by atoms with Crippen LogP contribution in [-0.4, -0.2) is 50.0 Å². The molecule has 1 fully saturated rings. The molecule has 1 amide bonds. The van der Waals surface area contributed by atoms with Crippen LogP contribution in [0.5, 0.6) is 11.5 Å². The van der Waals surface area contributed by atoms with Crippen molar-refractivity contribution in [2.75, 3.05) is 24.7 Å². The summed E-state index contributed by atoms with van der Waals surface area (Å²) in [5.41, 5.74) is 1.24. The number of ether oxygens (including phenoxy) is 2. The summed E-state index contributed by atoms with van der Waals surface area (Å²) >= 11 is 0. The molecule has 0 N–H and O–H groups in total. The van der Waals surface area contributed by atoms with E-state index in [0.29, 0.717) is 35.9 Å². The Kier molecular flexibility index (Phi) is 5.36. The number of para-hydroxylation sites is 1. The summed E-state index contributed by atoms with van der Waals surface area (Å²) in [7, 11) is -3.14. The average molecular weight is 417 g/mol. The first-order chi connectivity index (χ1) is 14.0. The van der Waals surface area contributed by atoms with Crippen molar-refractivity contribution in [2.24, 2.45) is 0 Å². The zero-order valence-electron chi connectivity index (χ0n) is 16.2. The van der Waals surface area contributed by atoms with Crippen molar-refractivity contribution in [3.8, 4) is 11.5 Å². The molecule has 0 unspecified atom stereocenters. The number of hydrogen-bond acceptors (Lipinski definition) is 6. The van der Waals surface area contributed by atoms with Gasteiger partial charge in [0, 0.05) is 11.6 Å². The number of furan rings is 1. The third-order valence-corrected chi connectivity index (χ3v) is 6.85. The highest BCUT2D eigenvalue weighted by atomic mass is 32.2. The van der Waals surface area contributed by atoms with Crippen LogP contribution in [0.15, 0.2) is 46.6 Å². The molecular formula is C21H23NO6S. The maximum absolute atomic E-state index is 13.4. The topological polar surface area (TPSA) is 86.1 Å². The molecule has 0 spiro atoms. The number of amides is 1. The fraction of sp³-hybridized carbons (Fsp3) is 0.381. The van der Waals surface area contributed by atoms with Crippen molar-refractivity contribution in [1.29, 1.82) is 0 Å². The van der Waals surface area contributed by atoms with Gasteiger partial charge in [-0.25, -0.2) is 8.42 Å². The van der Waals surface area contributed by atoms with Crippen molar-refractivity contribution in [3.05, 3.63) is 53.5 Å². The summed E-state index contributed by atoms with van der Waals surface area (Å²) in [6.07, 6.45) is 3.76. The second-order valence-electron chi connectivity index (χ2n) is 7.14. The van der Waals surface area contributed by atoms with Gasteiger partial charge >= 0.3 is 0 Å². The van der Waals surface area contributed by atoms with Gasteiger partial charge in [-0.3, -0.25) is 4.79 Å². The Balaban J connectivity index is 1.63. The Hall–Kier alpha value is -2.74. The Labute approximate surface area is 169 Å². The van der Waals surface area contributed by atoms with Crippen molar-refractivity contribution >= 4 is 21.8 Å². The highest BCUT2D eigenvalue weighted by molar-refractivity contribution is 7.91. The predicted molar refractivity (Wildman–Crippen MR) is 107 cm³/mol. The van der Waals surface area contributed by atoms with Gasteiger partial charge in [0.15, 0.2) is 21.3 Å². The van der Waals surface area contributed by atoms with Gasteiger partial charge in [-0.2, -0.15) is 0 Å². The molecule has 0 radical (unpaired) electrons. The zero-order valence-corrected chi connectivity index (χ0v) is 17.0. The maximum atomic E-state index is 13.4. The van der Waals surface area contributed by atoms with Crippen molar-refractivity contribution in [1.82, 2.24) is 4.90 Å². The van der Waals surface area contributed by atoms with Crippen LogP contribution in [0.3, 0.4) is 0 Å². The number of nitrogens with zero attached hydrogens (tertiary/aromatic N) is 1. The smallest absolute Gasteiger partial charge is 0.253 e. The Bertz CT molecular complexity index is 1030. The summed E-state index contributed by atoms with van der Waals surface area (Å²) in [4.78, 5) is 14.9. The second kappa shape index (κ2) is 7.94. The first-order valence-corrected chi connectivity index (χ1v) is 11.4. The van der Waals surface area contributed by atoms with Crippen LogP contribution in [0.1, 0.15) is 24.7 Å². The maximum Gasteiger partial charge on any atom is 0.253 e. The predicted octanol–water partition coefficient (Wildman–Crippen LogP) is 2.67. The minimum Gasteiger partial charge on any atom is -0.490 e. The van der Waals surface area contributed by atoms with Crippen molar-refractivity contribution in [2.45, 2.75) is 25.9 Å². The van der Waals surface area contributed by atoms with E-state index in [4.69, 9.17) is 13.9 Å². The quantitative estimate of drug-likeness (QED) is 0.718. The number of carbonyl (C=O) groups is 1. The molecule has 2 aliphatic rings. The molecule has 154 valence electrons. The van der Waals surface area contributed by atoms with E-state index in [2.05, 4.69) is 0 Å². The lowest BCUT2D eigenvalue weighted by Gasteiger charge is -2.30. The van der Waals surface area contributed by atoms with Crippen LogP contribution in [0.2, 0.25) is 0 Å². The molecule has 4 rings (SSSR count). The number of hydrogen-bond donors (Lipinski definition) is 0. The Morgan fingerprint density at radius 3 is 2.83 bits per heavy atom. The summed E-state index contributed by atoms with van der Waals surface area (Å²) in [6, 6.07) is 8.68. The highest BCUT2D eigenvalue weighted by Crippen LogP contribution is 2.36. The molecule has 1 aromatic carbocycles. The Morgan fingerprint density at radius 2 is 2.14 bits per heavy atom. The minimum absolute atomic E-state index is 0.0291. The van der Waals surface area contributed by atoms with E-state index >= 15 is 0 Å². The monoisotopic (exact) mass is 417 g/mol. The van der Waals surface area contributed by atoms with Crippen molar-refractivity contribution in [3.63, 3.8) is 0 Å². The standard InChI is InChI=1S/C21H23NO6S/c1-2-26-19-7-3-5-15-11-16(13-28-20(15)19)21(23)22(12-18-6-4-9-27-18)17-8-10-29(24,25)14-17/h3-7,9,11,17H,2,8,10,12-14H2,1H3/t17-/m1/s1. The molecule has 3 heterocycles. The highest BCUT2D eigenvalue weighted by Gasteiger charge is 2.36. The van der Waals surface area contributed by atoms with Gasteiger partial charge in [0.05, 0.1) is 36.5 Å². The van der Waals surface area contributed by atoms with E-state index in [-0.39, 0.29) is 36.6 Å². The van der Waals surface area contributed by atoms with Crippen LogP contribution < -0.4 is 9.47 Å². The number of rotatable bonds is 6. The molecule has 1 atom stereocenters. The fourth-order valence-electron chi connectivity index (χ4n) is 3.72. The lowest BCUT2D eigenvalue weighted by Crippen LogP contribution is -2.42. The summed E-state index contributed by atoms with van der Waals surface area (Å²) < 4.78 is 40.8. The summed E-state index contributed by atoms with van der Waals surface area (Å²) in [6.45, 7) is 2.73. The summed E-state index contributed by atoms with van der Waals surface area (Å²) in [5.74, 6) is 1.69. The largest absolute Gasteiger partial charge is 0.490 e. The number of sulfone groups is 1. The van der Waals surface area contributed by atoms with Crippen LogP contribution in [-0.2, 0) is 21.2 Å². The summed E-state index contributed by atoms with van der Waals surface area (Å²) in [5, 5.41) is 0. The lowest BCUT2D eigenvalue weighted by molar-refractivity contribution is -0.130. The molecule has 2 aliphatic heterocycles. The van der Waals surface area contributed by atoms with Gasteiger partial charge in [-0.15, -0.1) is 0 Å². The molecule has 1 saturated heterocycles. The molecule has 7 nitrogen and oxygen atoms in total. The second-order valence-corrected chi connectivity index (χ2v) is 9.36. The van der Waals surface area contributed by atoms with Gasteiger partial charge in [-0.1, -0.05) is 12.1 Å². The van der Waals surface area contributed by atoms with E-state index in [1.807, 2.05) is 25.1 Å². The van der Waals surface area contributed by atoms with E-state index in [1.165, 1.54) is 6.26 Å². The van der Waals surface area contributed by atoms with Gasteiger partial charge in [0.1, 0.15) is 12.4 Å². The molecule has 0 bridgehead atoms. The number of fused-ring (bicyclic) bond motifs is 1. The van der Waals surface area contributed by atoms with E-state index in [9.17, 15) is 13.2 Å². The van der Waals surface area contributed by atoms with Gasteiger partial charge in [-0.05, 0) is 37.6 Å². The zero-order chi connectivity index (χ0) is 20.4. The van der Waals surface area contributed by atoms with Gasteiger partial charge < -0.3 is 18.8 Å².